The molecule has 0 fully saturated rings. The van der Waals surface area contributed by atoms with Gasteiger partial charge in [0.05, 0.1) is 22.9 Å². The Labute approximate surface area is 158 Å². The number of fused-ring (bicyclic) bond motifs is 2. The van der Waals surface area contributed by atoms with Gasteiger partial charge in [-0.15, -0.1) is 0 Å². The molecule has 1 N–H and O–H groups in total. The van der Waals surface area contributed by atoms with Crippen LogP contribution in [0.4, 0.5) is 4.39 Å². The molecule has 1 aromatic carbocycles. The van der Waals surface area contributed by atoms with Crippen LogP contribution in [0.25, 0.3) is 11.0 Å². The maximum absolute atomic E-state index is 13.5. The molecule has 146 valence electrons. The fourth-order valence-corrected chi connectivity index (χ4v) is 3.82. The quantitative estimate of drug-likeness (QED) is 0.646. The third kappa shape index (κ3) is 3.36. The summed E-state index contributed by atoms with van der Waals surface area (Å²) < 4.78 is 42.1. The number of rotatable bonds is 3. The zero-order valence-corrected chi connectivity index (χ0v) is 15.7. The van der Waals surface area contributed by atoms with Gasteiger partial charge in [-0.05, 0) is 18.2 Å². The van der Waals surface area contributed by atoms with Crippen LogP contribution in [0.5, 0.6) is 0 Å². The number of hydrogen-bond acceptors (Lipinski definition) is 7. The molecule has 0 unspecified atom stereocenters. The second-order valence-electron chi connectivity index (χ2n) is 6.76. The van der Waals surface area contributed by atoms with Crippen LogP contribution in [0, 0.1) is 5.82 Å². The number of aromatic nitrogens is 2. The van der Waals surface area contributed by atoms with Crippen LogP contribution in [0.2, 0.25) is 0 Å². The van der Waals surface area contributed by atoms with E-state index in [1.807, 2.05) is 4.90 Å². The molecule has 2 aromatic heterocycles. The lowest BCUT2D eigenvalue weighted by Crippen LogP contribution is -2.37. The van der Waals surface area contributed by atoms with E-state index in [9.17, 15) is 22.4 Å². The van der Waals surface area contributed by atoms with Gasteiger partial charge in [0.1, 0.15) is 11.4 Å². The molecule has 0 spiro atoms. The lowest BCUT2D eigenvalue weighted by molar-refractivity contribution is 0.238. The van der Waals surface area contributed by atoms with Gasteiger partial charge in [-0.2, -0.15) is 0 Å². The number of sulfone groups is 1. The number of aromatic amines is 1. The lowest BCUT2D eigenvalue weighted by atomic mass is 10.1. The normalized spacial score (nSPS) is 14.9. The maximum atomic E-state index is 13.5. The smallest absolute Gasteiger partial charge is 0.256 e. The molecular formula is C18H16FN3O5S. The number of halogens is 1. The molecular weight excluding hydrogens is 389 g/mol. The van der Waals surface area contributed by atoms with E-state index in [0.29, 0.717) is 35.4 Å². The molecule has 8 nitrogen and oxygen atoms in total. The average Bonchev–Trinajstić information content (AvgIpc) is 2.64. The topological polar surface area (TPSA) is 113 Å². The van der Waals surface area contributed by atoms with Gasteiger partial charge in [0, 0.05) is 37.9 Å². The first kappa shape index (κ1) is 18.5. The highest BCUT2D eigenvalue weighted by Gasteiger charge is 2.24. The summed E-state index contributed by atoms with van der Waals surface area (Å²) in [5.74, 6) is -0.525. The summed E-state index contributed by atoms with van der Waals surface area (Å²) in [5.41, 5.74) is 0.614. The van der Waals surface area contributed by atoms with Gasteiger partial charge in [-0.3, -0.25) is 19.5 Å². The van der Waals surface area contributed by atoms with Crippen LogP contribution >= 0.6 is 0 Å². The van der Waals surface area contributed by atoms with Crippen molar-refractivity contribution in [2.24, 2.45) is 0 Å². The predicted octanol–water partition coefficient (Wildman–Crippen LogP) is 0.977. The molecule has 28 heavy (non-hydrogen) atoms. The van der Waals surface area contributed by atoms with Crippen molar-refractivity contribution in [2.45, 2.75) is 24.7 Å². The number of nitrogens with one attached hydrogen (secondary N) is 1. The van der Waals surface area contributed by atoms with Crippen LogP contribution in [-0.2, 0) is 29.3 Å². The van der Waals surface area contributed by atoms with Crippen LogP contribution in [0.3, 0.4) is 0 Å². The van der Waals surface area contributed by atoms with Gasteiger partial charge < -0.3 is 4.42 Å². The number of benzene rings is 1. The van der Waals surface area contributed by atoms with Crippen molar-refractivity contribution in [1.82, 2.24) is 14.9 Å². The summed E-state index contributed by atoms with van der Waals surface area (Å²) in [6, 6.07) is 3.76. The third-order valence-electron chi connectivity index (χ3n) is 4.68. The first-order valence-electron chi connectivity index (χ1n) is 8.47. The predicted molar refractivity (Wildman–Crippen MR) is 98.2 cm³/mol. The lowest BCUT2D eigenvalue weighted by Gasteiger charge is -2.27. The van der Waals surface area contributed by atoms with E-state index >= 15 is 0 Å². The Balaban J connectivity index is 1.64. The molecule has 0 atom stereocenters. The Hall–Kier alpha value is -2.85. The Morgan fingerprint density at radius 1 is 1.32 bits per heavy atom. The van der Waals surface area contributed by atoms with Crippen LogP contribution in [-0.4, -0.2) is 36.1 Å². The van der Waals surface area contributed by atoms with Crippen molar-refractivity contribution in [1.29, 1.82) is 0 Å². The molecule has 3 aromatic rings. The van der Waals surface area contributed by atoms with E-state index in [2.05, 4.69) is 9.97 Å². The standard InChI is InChI=1S/C18H16FN3O5S/c1-28(25,26)18-20-14-4-5-22(8-13(14)17(24)21-18)7-10-9-27-15-3-2-11(19)6-12(15)16(10)23/h2-3,6,9H,4-5,7-8H2,1H3,(H,20,21,24). The molecule has 0 amide bonds. The number of hydrogen-bond donors (Lipinski definition) is 1. The van der Waals surface area contributed by atoms with Gasteiger partial charge in [-0.1, -0.05) is 0 Å². The molecule has 3 heterocycles. The van der Waals surface area contributed by atoms with Gasteiger partial charge in [-0.25, -0.2) is 17.8 Å². The minimum absolute atomic E-state index is 0.159. The van der Waals surface area contributed by atoms with Gasteiger partial charge in [0.15, 0.2) is 5.43 Å². The van der Waals surface area contributed by atoms with Gasteiger partial charge in [0.25, 0.3) is 5.56 Å². The SMILES string of the molecule is CS(=O)(=O)c1nc2c(c(=O)[nH]1)CN(Cc1coc3ccc(F)cc3c1=O)CC2. The van der Waals surface area contributed by atoms with E-state index in [0.717, 1.165) is 12.3 Å². The first-order valence-corrected chi connectivity index (χ1v) is 10.4. The molecule has 1 aliphatic rings. The van der Waals surface area contributed by atoms with Crippen molar-refractivity contribution in [3.8, 4) is 0 Å². The van der Waals surface area contributed by atoms with Crippen molar-refractivity contribution in [3.63, 3.8) is 0 Å². The summed E-state index contributed by atoms with van der Waals surface area (Å²) in [7, 11) is -3.62. The highest BCUT2D eigenvalue weighted by Crippen LogP contribution is 2.18. The maximum Gasteiger partial charge on any atom is 0.256 e. The van der Waals surface area contributed by atoms with Gasteiger partial charge in [0.2, 0.25) is 15.0 Å². The van der Waals surface area contributed by atoms with Crippen LogP contribution < -0.4 is 11.0 Å². The Bertz CT molecular complexity index is 1310. The summed E-state index contributed by atoms with van der Waals surface area (Å²) >= 11 is 0. The molecule has 4 rings (SSSR count). The fraction of sp³-hybridized carbons (Fsp3) is 0.278. The van der Waals surface area contributed by atoms with Crippen LogP contribution in [0.1, 0.15) is 16.8 Å². The summed E-state index contributed by atoms with van der Waals surface area (Å²) in [6.45, 7) is 0.900. The summed E-state index contributed by atoms with van der Waals surface area (Å²) in [4.78, 5) is 33.1. The minimum Gasteiger partial charge on any atom is -0.464 e. The van der Waals surface area contributed by atoms with E-state index in [4.69, 9.17) is 4.42 Å². The zero-order chi connectivity index (χ0) is 20.1. The Kier molecular flexibility index (Phi) is 4.39. The molecule has 0 aliphatic carbocycles. The highest BCUT2D eigenvalue weighted by atomic mass is 32.2. The Morgan fingerprint density at radius 3 is 2.86 bits per heavy atom. The molecule has 0 bridgehead atoms. The van der Waals surface area contributed by atoms with E-state index in [1.165, 1.54) is 18.4 Å². The first-order chi connectivity index (χ1) is 13.2. The largest absolute Gasteiger partial charge is 0.464 e. The number of nitrogens with zero attached hydrogens (tertiary/aromatic N) is 2. The minimum atomic E-state index is -3.62. The zero-order valence-electron chi connectivity index (χ0n) is 14.9. The second-order valence-corrected chi connectivity index (χ2v) is 8.69. The van der Waals surface area contributed by atoms with Crippen LogP contribution in [0.15, 0.2) is 43.6 Å². The summed E-state index contributed by atoms with van der Waals surface area (Å²) in [5, 5.41) is -0.186. The molecule has 1 aliphatic heterocycles. The average molecular weight is 405 g/mol. The second kappa shape index (κ2) is 6.64. The van der Waals surface area contributed by atoms with Crippen molar-refractivity contribution < 1.29 is 17.2 Å². The Morgan fingerprint density at radius 2 is 2.11 bits per heavy atom. The van der Waals surface area contributed by atoms with E-state index in [-0.39, 0.29) is 29.1 Å². The van der Waals surface area contributed by atoms with E-state index in [1.54, 1.807) is 0 Å². The van der Waals surface area contributed by atoms with Crippen molar-refractivity contribution in [3.05, 3.63) is 67.7 Å². The van der Waals surface area contributed by atoms with Crippen molar-refractivity contribution in [2.75, 3.05) is 12.8 Å². The molecule has 0 radical (unpaired) electrons. The molecule has 0 saturated carbocycles. The molecule has 0 saturated heterocycles. The highest BCUT2D eigenvalue weighted by molar-refractivity contribution is 7.90. The van der Waals surface area contributed by atoms with E-state index < -0.39 is 21.2 Å². The third-order valence-corrected chi connectivity index (χ3v) is 5.57. The van der Waals surface area contributed by atoms with Gasteiger partial charge >= 0.3 is 0 Å². The number of H-pyrrole nitrogens is 1. The van der Waals surface area contributed by atoms with Crippen molar-refractivity contribution >= 4 is 20.8 Å². The summed E-state index contributed by atoms with van der Waals surface area (Å²) in [6.07, 6.45) is 2.69. The monoisotopic (exact) mass is 405 g/mol. The fourth-order valence-electron chi connectivity index (χ4n) is 3.26. The molecule has 10 heteroatoms.